The van der Waals surface area contributed by atoms with Crippen molar-refractivity contribution < 1.29 is 36.8 Å². The quantitative estimate of drug-likeness (QED) is 0.379. The van der Waals surface area contributed by atoms with Gasteiger partial charge in [-0.05, 0) is 23.5 Å². The highest BCUT2D eigenvalue weighted by Gasteiger charge is 2.25. The number of carbonyl (C=O) groups excluding carboxylic acids is 1. The summed E-state index contributed by atoms with van der Waals surface area (Å²) in [5, 5.41) is 8.73. The van der Waals surface area contributed by atoms with Crippen LogP contribution in [0.2, 0.25) is 0 Å². The number of nitrogens with two attached hydrogens (primary N) is 1. The number of carbonyl (C=O) groups is 2. The first-order chi connectivity index (χ1) is 12.3. The van der Waals surface area contributed by atoms with E-state index in [9.17, 15) is 18.0 Å². The van der Waals surface area contributed by atoms with Crippen LogP contribution in [0.1, 0.15) is 50.7 Å². The third-order valence-corrected chi connectivity index (χ3v) is 3.99. The summed E-state index contributed by atoms with van der Waals surface area (Å²) in [5.74, 6) is -1.46. The Labute approximate surface area is 158 Å². The SMILES string of the molecule is CC(C)c1ccc(OS(C)(=O)=O)c(C(C)C)c1OC(=O)OCC(N)C(=O)O. The fourth-order valence-corrected chi connectivity index (χ4v) is 2.76. The summed E-state index contributed by atoms with van der Waals surface area (Å²) in [4.78, 5) is 22.7. The van der Waals surface area contributed by atoms with Gasteiger partial charge < -0.3 is 24.5 Å². The minimum absolute atomic E-state index is 0.0435. The number of hydrogen-bond acceptors (Lipinski definition) is 8. The summed E-state index contributed by atoms with van der Waals surface area (Å²) < 4.78 is 38.2. The van der Waals surface area contributed by atoms with E-state index in [4.69, 9.17) is 24.5 Å². The molecule has 1 aromatic carbocycles. The normalized spacial score (nSPS) is 12.7. The number of carboxylic acids is 1. The Kier molecular flexibility index (Phi) is 7.61. The fourth-order valence-electron chi connectivity index (χ4n) is 2.29. The van der Waals surface area contributed by atoms with Crippen molar-refractivity contribution >= 4 is 22.2 Å². The van der Waals surface area contributed by atoms with E-state index in [0.29, 0.717) is 11.1 Å². The van der Waals surface area contributed by atoms with E-state index < -0.39 is 34.9 Å². The van der Waals surface area contributed by atoms with Gasteiger partial charge in [0.15, 0.2) is 0 Å². The Morgan fingerprint density at radius 2 is 1.74 bits per heavy atom. The second kappa shape index (κ2) is 9.05. The van der Waals surface area contributed by atoms with E-state index in [2.05, 4.69) is 0 Å². The summed E-state index contributed by atoms with van der Waals surface area (Å²) in [6.45, 7) is 6.74. The van der Waals surface area contributed by atoms with Crippen LogP contribution in [0.5, 0.6) is 11.5 Å². The van der Waals surface area contributed by atoms with Crippen LogP contribution in [-0.4, -0.2) is 44.6 Å². The molecule has 152 valence electrons. The molecule has 0 spiro atoms. The van der Waals surface area contributed by atoms with Crippen molar-refractivity contribution in [3.8, 4) is 11.5 Å². The lowest BCUT2D eigenvalue weighted by molar-refractivity contribution is -0.139. The van der Waals surface area contributed by atoms with E-state index >= 15 is 0 Å². The van der Waals surface area contributed by atoms with Crippen LogP contribution in [0.25, 0.3) is 0 Å². The van der Waals surface area contributed by atoms with E-state index in [1.54, 1.807) is 19.9 Å². The molecule has 9 nitrogen and oxygen atoms in total. The van der Waals surface area contributed by atoms with Crippen molar-refractivity contribution in [3.63, 3.8) is 0 Å². The van der Waals surface area contributed by atoms with Crippen molar-refractivity contribution in [2.75, 3.05) is 12.9 Å². The van der Waals surface area contributed by atoms with Crippen LogP contribution in [0.3, 0.4) is 0 Å². The van der Waals surface area contributed by atoms with Gasteiger partial charge in [-0.2, -0.15) is 8.42 Å². The average molecular weight is 403 g/mol. The van der Waals surface area contributed by atoms with Crippen LogP contribution in [0.4, 0.5) is 4.79 Å². The van der Waals surface area contributed by atoms with Gasteiger partial charge in [-0.15, -0.1) is 0 Å². The van der Waals surface area contributed by atoms with E-state index in [1.165, 1.54) is 6.07 Å². The number of aliphatic carboxylic acids is 1. The molecule has 0 saturated carbocycles. The van der Waals surface area contributed by atoms with Gasteiger partial charge in [0.2, 0.25) is 0 Å². The Morgan fingerprint density at radius 3 is 2.19 bits per heavy atom. The molecular weight excluding hydrogens is 378 g/mol. The average Bonchev–Trinajstić information content (AvgIpc) is 2.50. The molecule has 1 rings (SSSR count). The summed E-state index contributed by atoms with van der Waals surface area (Å²) in [7, 11) is -3.80. The first-order valence-electron chi connectivity index (χ1n) is 8.22. The lowest BCUT2D eigenvalue weighted by Gasteiger charge is -2.21. The molecule has 1 aromatic rings. The van der Waals surface area contributed by atoms with Crippen LogP contribution in [0.15, 0.2) is 12.1 Å². The monoisotopic (exact) mass is 403 g/mol. The maximum Gasteiger partial charge on any atom is 0.513 e. The topological polar surface area (TPSA) is 142 Å². The molecule has 10 heteroatoms. The van der Waals surface area contributed by atoms with Crippen molar-refractivity contribution in [2.45, 2.75) is 45.6 Å². The molecule has 0 bridgehead atoms. The van der Waals surface area contributed by atoms with Gasteiger partial charge in [0.25, 0.3) is 0 Å². The van der Waals surface area contributed by atoms with Crippen molar-refractivity contribution in [1.29, 1.82) is 0 Å². The van der Waals surface area contributed by atoms with Crippen molar-refractivity contribution in [2.24, 2.45) is 5.73 Å². The standard InChI is InChI=1S/C17H25NO8S/c1-9(2)11-6-7-13(26-27(5,22)23)14(10(3)4)15(11)25-17(21)24-8-12(18)16(19)20/h6-7,9-10,12H,8,18H2,1-5H3,(H,19,20). The van der Waals surface area contributed by atoms with Crippen LogP contribution < -0.4 is 14.7 Å². The summed E-state index contributed by atoms with van der Waals surface area (Å²) in [6, 6.07) is 1.72. The first kappa shape index (κ1) is 22.7. The van der Waals surface area contributed by atoms with Crippen molar-refractivity contribution in [1.82, 2.24) is 0 Å². The molecule has 0 aliphatic heterocycles. The molecule has 27 heavy (non-hydrogen) atoms. The molecule has 3 N–H and O–H groups in total. The molecule has 0 fully saturated rings. The first-order valence-corrected chi connectivity index (χ1v) is 10.0. The Bertz CT molecular complexity index is 801. The highest BCUT2D eigenvalue weighted by molar-refractivity contribution is 7.86. The molecule has 0 aliphatic carbocycles. The minimum atomic E-state index is -3.80. The lowest BCUT2D eigenvalue weighted by atomic mass is 9.93. The number of hydrogen-bond donors (Lipinski definition) is 2. The zero-order valence-corrected chi connectivity index (χ0v) is 16.7. The van der Waals surface area contributed by atoms with Crippen LogP contribution >= 0.6 is 0 Å². The predicted octanol–water partition coefficient (Wildman–Crippen LogP) is 2.20. The van der Waals surface area contributed by atoms with Gasteiger partial charge in [0.1, 0.15) is 24.1 Å². The summed E-state index contributed by atoms with van der Waals surface area (Å²) in [5.41, 5.74) is 6.31. The molecule has 0 heterocycles. The highest BCUT2D eigenvalue weighted by Crippen LogP contribution is 2.41. The third kappa shape index (κ3) is 6.72. The largest absolute Gasteiger partial charge is 0.513 e. The lowest BCUT2D eigenvalue weighted by Crippen LogP contribution is -2.36. The second-order valence-corrected chi connectivity index (χ2v) is 8.18. The molecule has 0 aromatic heterocycles. The summed E-state index contributed by atoms with van der Waals surface area (Å²) >= 11 is 0. The zero-order valence-electron chi connectivity index (χ0n) is 15.9. The predicted molar refractivity (Wildman–Crippen MR) is 97.7 cm³/mol. The molecule has 0 aliphatic rings. The van der Waals surface area contributed by atoms with Crippen LogP contribution in [0, 0.1) is 0 Å². The Morgan fingerprint density at radius 1 is 1.15 bits per heavy atom. The molecular formula is C17H25NO8S. The zero-order chi connectivity index (χ0) is 20.9. The van der Waals surface area contributed by atoms with Gasteiger partial charge in [0, 0.05) is 5.56 Å². The minimum Gasteiger partial charge on any atom is -0.480 e. The smallest absolute Gasteiger partial charge is 0.480 e. The molecule has 1 atom stereocenters. The van der Waals surface area contributed by atoms with Gasteiger partial charge >= 0.3 is 22.2 Å². The van der Waals surface area contributed by atoms with Gasteiger partial charge in [-0.3, -0.25) is 4.79 Å². The Balaban J connectivity index is 3.29. The number of rotatable bonds is 8. The van der Waals surface area contributed by atoms with E-state index in [0.717, 1.165) is 6.26 Å². The van der Waals surface area contributed by atoms with Crippen molar-refractivity contribution in [3.05, 3.63) is 23.3 Å². The number of benzene rings is 1. The maximum atomic E-state index is 12.0. The highest BCUT2D eigenvalue weighted by atomic mass is 32.2. The van der Waals surface area contributed by atoms with Crippen LogP contribution in [-0.2, 0) is 19.6 Å². The van der Waals surface area contributed by atoms with E-state index in [-0.39, 0.29) is 23.3 Å². The number of ether oxygens (including phenoxy) is 2. The second-order valence-electron chi connectivity index (χ2n) is 6.60. The van der Waals surface area contributed by atoms with Gasteiger partial charge in [0.05, 0.1) is 6.26 Å². The fraction of sp³-hybridized carbons (Fsp3) is 0.529. The molecule has 0 amide bonds. The Hall–Kier alpha value is -2.33. The van der Waals surface area contributed by atoms with E-state index in [1.807, 2.05) is 13.8 Å². The third-order valence-electron chi connectivity index (χ3n) is 3.51. The number of carboxylic acid groups (broad SMARTS) is 1. The molecule has 0 saturated heterocycles. The molecule has 0 radical (unpaired) electrons. The van der Waals surface area contributed by atoms with Gasteiger partial charge in [-0.1, -0.05) is 33.8 Å². The molecule has 1 unspecified atom stereocenters. The maximum absolute atomic E-state index is 12.0. The summed E-state index contributed by atoms with van der Waals surface area (Å²) in [6.07, 6.45) is -0.234. The van der Waals surface area contributed by atoms with Gasteiger partial charge in [-0.25, -0.2) is 4.79 Å².